The zero-order valence-corrected chi connectivity index (χ0v) is 17.6. The molecule has 3 aliphatic heterocycles. The summed E-state index contributed by atoms with van der Waals surface area (Å²) in [5.74, 6) is 1.17. The van der Waals surface area contributed by atoms with Gasteiger partial charge in [0.1, 0.15) is 12.4 Å². The van der Waals surface area contributed by atoms with E-state index >= 15 is 0 Å². The van der Waals surface area contributed by atoms with Crippen LogP contribution in [0.3, 0.4) is 0 Å². The Kier molecular flexibility index (Phi) is 8.67. The number of nitrogens with zero attached hydrogens (tertiary/aromatic N) is 4. The standard InChI is InChI=1S/C19H29F3N4O2.CH2O2/c20-19(21,22)13-26-18(23-17(24-26)14-3-8-27-9-4-14)15-2-1-7-25(12-15)16-5-10-28-11-6-16;2-1-3/h14-16H,1-13H2;1H,(H,2,3). The van der Waals surface area contributed by atoms with Crippen molar-refractivity contribution in [3.8, 4) is 0 Å². The Morgan fingerprint density at radius 2 is 1.65 bits per heavy atom. The van der Waals surface area contributed by atoms with Gasteiger partial charge in [-0.05, 0) is 45.1 Å². The van der Waals surface area contributed by atoms with E-state index in [-0.39, 0.29) is 18.3 Å². The average Bonchev–Trinajstić information content (AvgIpc) is 3.18. The number of aromatic nitrogens is 3. The summed E-state index contributed by atoms with van der Waals surface area (Å²) in [5, 5.41) is 11.2. The third-order valence-corrected chi connectivity index (χ3v) is 6.16. The minimum absolute atomic E-state index is 0.0000328. The van der Waals surface area contributed by atoms with E-state index in [2.05, 4.69) is 15.0 Å². The van der Waals surface area contributed by atoms with Gasteiger partial charge in [0.05, 0.1) is 0 Å². The lowest BCUT2D eigenvalue weighted by Gasteiger charge is -2.39. The first-order chi connectivity index (χ1) is 14.9. The predicted octanol–water partition coefficient (Wildman–Crippen LogP) is 2.79. The largest absolute Gasteiger partial charge is 0.483 e. The van der Waals surface area contributed by atoms with E-state index in [1.165, 1.54) is 0 Å². The maximum atomic E-state index is 13.2. The lowest BCUT2D eigenvalue weighted by molar-refractivity contribution is -0.143. The highest BCUT2D eigenvalue weighted by Gasteiger charge is 2.35. The Morgan fingerprint density at radius 3 is 2.26 bits per heavy atom. The van der Waals surface area contributed by atoms with Crippen molar-refractivity contribution in [1.29, 1.82) is 0 Å². The van der Waals surface area contributed by atoms with Crippen LogP contribution in [0.4, 0.5) is 13.2 Å². The number of carboxylic acid groups (broad SMARTS) is 1. The first-order valence-corrected chi connectivity index (χ1v) is 10.9. The quantitative estimate of drug-likeness (QED) is 0.709. The van der Waals surface area contributed by atoms with Gasteiger partial charge in [-0.2, -0.15) is 18.3 Å². The molecule has 0 aliphatic carbocycles. The molecule has 3 aliphatic rings. The van der Waals surface area contributed by atoms with E-state index in [1.807, 2.05) is 0 Å². The molecule has 0 bridgehead atoms. The van der Waals surface area contributed by atoms with E-state index in [4.69, 9.17) is 19.4 Å². The summed E-state index contributed by atoms with van der Waals surface area (Å²) in [6.07, 6.45) is 1.08. The summed E-state index contributed by atoms with van der Waals surface area (Å²) in [6.45, 7) is 3.22. The van der Waals surface area contributed by atoms with Crippen LogP contribution in [0, 0.1) is 0 Å². The van der Waals surface area contributed by atoms with Gasteiger partial charge in [0, 0.05) is 50.8 Å². The summed E-state index contributed by atoms with van der Waals surface area (Å²) in [7, 11) is 0. The van der Waals surface area contributed by atoms with E-state index in [0.717, 1.165) is 69.5 Å². The highest BCUT2D eigenvalue weighted by Crippen LogP contribution is 2.32. The number of halogens is 3. The summed E-state index contributed by atoms with van der Waals surface area (Å²) in [4.78, 5) is 15.5. The first kappa shape index (κ1) is 23.9. The van der Waals surface area contributed by atoms with Crippen molar-refractivity contribution in [2.45, 2.75) is 69.1 Å². The molecule has 3 fully saturated rings. The number of ether oxygens (including phenoxy) is 2. The van der Waals surface area contributed by atoms with Gasteiger partial charge in [-0.3, -0.25) is 9.69 Å². The highest BCUT2D eigenvalue weighted by atomic mass is 19.4. The molecule has 11 heteroatoms. The SMILES string of the molecule is FC(F)(F)Cn1nc(C2CCOCC2)nc1C1CCCN(C2CCOCC2)C1.O=CO. The minimum atomic E-state index is -4.30. The summed E-state index contributed by atoms with van der Waals surface area (Å²) in [5.41, 5.74) is 0. The Hall–Kier alpha value is -1.72. The molecule has 1 atom stereocenters. The van der Waals surface area contributed by atoms with Crippen LogP contribution in [-0.4, -0.2) is 83.0 Å². The fourth-order valence-electron chi connectivity index (χ4n) is 4.69. The highest BCUT2D eigenvalue weighted by molar-refractivity contribution is 5.32. The molecule has 3 saturated heterocycles. The molecule has 0 amide bonds. The number of hydrogen-bond donors (Lipinski definition) is 1. The number of rotatable bonds is 4. The number of likely N-dealkylation sites (tertiary alicyclic amines) is 1. The lowest BCUT2D eigenvalue weighted by atomic mass is 9.94. The van der Waals surface area contributed by atoms with Crippen molar-refractivity contribution in [2.75, 3.05) is 39.5 Å². The van der Waals surface area contributed by atoms with Gasteiger partial charge in [0.2, 0.25) is 0 Å². The molecule has 1 aromatic rings. The molecule has 0 spiro atoms. The van der Waals surface area contributed by atoms with Crippen molar-refractivity contribution in [1.82, 2.24) is 19.7 Å². The molecule has 31 heavy (non-hydrogen) atoms. The van der Waals surface area contributed by atoms with Gasteiger partial charge >= 0.3 is 6.18 Å². The normalized spacial score (nSPS) is 24.4. The van der Waals surface area contributed by atoms with E-state index in [9.17, 15) is 13.2 Å². The molecular formula is C20H31F3N4O4. The lowest BCUT2D eigenvalue weighted by Crippen LogP contribution is -2.45. The van der Waals surface area contributed by atoms with E-state index in [0.29, 0.717) is 30.9 Å². The second-order valence-electron chi connectivity index (χ2n) is 8.27. The van der Waals surface area contributed by atoms with E-state index in [1.54, 1.807) is 0 Å². The van der Waals surface area contributed by atoms with Crippen molar-refractivity contribution >= 4 is 6.47 Å². The zero-order valence-electron chi connectivity index (χ0n) is 17.6. The fraction of sp³-hybridized carbons (Fsp3) is 0.850. The summed E-state index contributed by atoms with van der Waals surface area (Å²) < 4.78 is 51.5. The third-order valence-electron chi connectivity index (χ3n) is 6.16. The molecule has 176 valence electrons. The maximum absolute atomic E-state index is 13.2. The van der Waals surface area contributed by atoms with Gasteiger partial charge in [-0.1, -0.05) is 0 Å². The molecule has 1 unspecified atom stereocenters. The molecular weight excluding hydrogens is 417 g/mol. The van der Waals surface area contributed by atoms with Crippen LogP contribution in [0.2, 0.25) is 0 Å². The van der Waals surface area contributed by atoms with Gasteiger partial charge in [-0.25, -0.2) is 9.67 Å². The van der Waals surface area contributed by atoms with Crippen molar-refractivity contribution in [2.24, 2.45) is 0 Å². The molecule has 4 rings (SSSR count). The van der Waals surface area contributed by atoms with Crippen molar-refractivity contribution < 1.29 is 32.5 Å². The smallest absolute Gasteiger partial charge is 0.408 e. The Balaban J connectivity index is 0.000000858. The van der Waals surface area contributed by atoms with Crippen molar-refractivity contribution in [3.05, 3.63) is 11.6 Å². The Morgan fingerprint density at radius 1 is 1.03 bits per heavy atom. The van der Waals surface area contributed by atoms with Crippen LogP contribution < -0.4 is 0 Å². The number of alkyl halides is 3. The molecule has 0 radical (unpaired) electrons. The predicted molar refractivity (Wildman–Crippen MR) is 105 cm³/mol. The minimum Gasteiger partial charge on any atom is -0.483 e. The monoisotopic (exact) mass is 448 g/mol. The average molecular weight is 448 g/mol. The molecule has 0 saturated carbocycles. The maximum Gasteiger partial charge on any atom is 0.408 e. The number of hydrogen-bond acceptors (Lipinski definition) is 6. The fourth-order valence-corrected chi connectivity index (χ4v) is 4.69. The molecule has 4 heterocycles. The van der Waals surface area contributed by atoms with Crippen LogP contribution in [0.25, 0.3) is 0 Å². The second-order valence-corrected chi connectivity index (χ2v) is 8.27. The molecule has 8 nitrogen and oxygen atoms in total. The third kappa shape index (κ3) is 6.88. The zero-order chi connectivity index (χ0) is 22.3. The number of carbonyl (C=O) groups is 1. The molecule has 0 aromatic carbocycles. The van der Waals surface area contributed by atoms with Gasteiger partial charge in [0.15, 0.2) is 5.82 Å². The van der Waals surface area contributed by atoms with Gasteiger partial charge < -0.3 is 14.6 Å². The van der Waals surface area contributed by atoms with Gasteiger partial charge in [0.25, 0.3) is 6.47 Å². The second kappa shape index (κ2) is 11.2. The van der Waals surface area contributed by atoms with Crippen LogP contribution in [0.15, 0.2) is 0 Å². The topological polar surface area (TPSA) is 89.7 Å². The molecule has 1 aromatic heterocycles. The summed E-state index contributed by atoms with van der Waals surface area (Å²) in [6, 6.07) is 0.463. The van der Waals surface area contributed by atoms with Crippen LogP contribution in [-0.2, 0) is 20.8 Å². The van der Waals surface area contributed by atoms with Crippen LogP contribution in [0.5, 0.6) is 0 Å². The van der Waals surface area contributed by atoms with E-state index < -0.39 is 12.7 Å². The first-order valence-electron chi connectivity index (χ1n) is 10.9. The molecule has 1 N–H and O–H groups in total. The Bertz CT molecular complexity index is 688. The Labute approximate surface area is 179 Å². The van der Waals surface area contributed by atoms with Gasteiger partial charge in [-0.15, -0.1) is 0 Å². The number of piperidine rings is 1. The summed E-state index contributed by atoms with van der Waals surface area (Å²) >= 11 is 0. The van der Waals surface area contributed by atoms with Crippen LogP contribution in [0.1, 0.15) is 62.0 Å². The van der Waals surface area contributed by atoms with Crippen LogP contribution >= 0.6 is 0 Å². The van der Waals surface area contributed by atoms with Crippen molar-refractivity contribution in [3.63, 3.8) is 0 Å².